The van der Waals surface area contributed by atoms with Crippen molar-refractivity contribution >= 4 is 11.8 Å². The fourth-order valence-electron chi connectivity index (χ4n) is 2.25. The Hall–Kier alpha value is -2.82. The Kier molecular flexibility index (Phi) is 6.37. The van der Waals surface area contributed by atoms with E-state index in [9.17, 15) is 9.59 Å². The van der Waals surface area contributed by atoms with E-state index in [4.69, 9.17) is 4.74 Å². The monoisotopic (exact) mass is 326 g/mol. The molecule has 24 heavy (non-hydrogen) atoms. The molecular formula is C19H22N2O3. The summed E-state index contributed by atoms with van der Waals surface area (Å²) in [5, 5.41) is 5.42. The summed E-state index contributed by atoms with van der Waals surface area (Å²) in [6, 6.07) is 15.0. The zero-order chi connectivity index (χ0) is 17.4. The average Bonchev–Trinajstić information content (AvgIpc) is 2.60. The molecule has 0 aliphatic rings. The molecule has 2 amide bonds. The molecule has 0 heterocycles. The third kappa shape index (κ3) is 5.43. The lowest BCUT2D eigenvalue weighted by atomic mass is 10.1. The van der Waals surface area contributed by atoms with Crippen molar-refractivity contribution in [1.29, 1.82) is 0 Å². The van der Waals surface area contributed by atoms with Crippen molar-refractivity contribution in [3.8, 4) is 5.75 Å². The van der Waals surface area contributed by atoms with Gasteiger partial charge in [-0.05, 0) is 43.2 Å². The van der Waals surface area contributed by atoms with Crippen molar-refractivity contribution in [3.63, 3.8) is 0 Å². The first kappa shape index (κ1) is 17.5. The maximum Gasteiger partial charge on any atom is 0.251 e. The lowest BCUT2D eigenvalue weighted by Crippen LogP contribution is -2.37. The highest BCUT2D eigenvalue weighted by Gasteiger charge is 2.07. The second kappa shape index (κ2) is 8.72. The van der Waals surface area contributed by atoms with Gasteiger partial charge < -0.3 is 15.4 Å². The van der Waals surface area contributed by atoms with Gasteiger partial charge in [0.1, 0.15) is 5.75 Å². The number of amides is 2. The minimum absolute atomic E-state index is 0.0324. The summed E-state index contributed by atoms with van der Waals surface area (Å²) >= 11 is 0. The highest BCUT2D eigenvalue weighted by molar-refractivity contribution is 5.96. The van der Waals surface area contributed by atoms with E-state index in [1.165, 1.54) is 0 Å². The van der Waals surface area contributed by atoms with Crippen molar-refractivity contribution in [1.82, 2.24) is 10.6 Å². The third-order valence-corrected chi connectivity index (χ3v) is 3.58. The van der Waals surface area contributed by atoms with Gasteiger partial charge in [0.15, 0.2) is 0 Å². The van der Waals surface area contributed by atoms with Crippen molar-refractivity contribution in [2.45, 2.75) is 13.3 Å². The molecule has 0 spiro atoms. The first-order valence-electron chi connectivity index (χ1n) is 7.83. The van der Waals surface area contributed by atoms with Crippen LogP contribution in [0.4, 0.5) is 0 Å². The van der Waals surface area contributed by atoms with E-state index in [-0.39, 0.29) is 18.4 Å². The maximum atomic E-state index is 12.0. The lowest BCUT2D eigenvalue weighted by Gasteiger charge is -2.08. The largest absolute Gasteiger partial charge is 0.497 e. The van der Waals surface area contributed by atoms with Crippen LogP contribution in [0, 0.1) is 6.92 Å². The van der Waals surface area contributed by atoms with E-state index >= 15 is 0 Å². The first-order chi connectivity index (χ1) is 11.6. The Balaban J connectivity index is 1.70. The predicted octanol–water partition coefficient (Wildman–Crippen LogP) is 2.09. The zero-order valence-corrected chi connectivity index (χ0v) is 14.0. The van der Waals surface area contributed by atoms with Crippen LogP contribution in [0.2, 0.25) is 0 Å². The molecule has 0 aliphatic carbocycles. The quantitative estimate of drug-likeness (QED) is 0.819. The minimum Gasteiger partial charge on any atom is -0.497 e. The smallest absolute Gasteiger partial charge is 0.251 e. The van der Waals surface area contributed by atoms with Gasteiger partial charge in [0.2, 0.25) is 5.91 Å². The van der Waals surface area contributed by atoms with Crippen LogP contribution in [0.1, 0.15) is 21.5 Å². The Morgan fingerprint density at radius 1 is 1.04 bits per heavy atom. The summed E-state index contributed by atoms with van der Waals surface area (Å²) in [7, 11) is 1.63. The minimum atomic E-state index is -0.246. The standard InChI is InChI=1S/C19H22N2O3/c1-14-4-3-5-16(12-14)19(23)21-13-18(22)20-11-10-15-6-8-17(24-2)9-7-15/h3-9,12H,10-11,13H2,1-2H3,(H,20,22)(H,21,23). The molecule has 0 aromatic heterocycles. The number of ether oxygens (including phenoxy) is 1. The van der Waals surface area contributed by atoms with Crippen molar-refractivity contribution in [3.05, 3.63) is 65.2 Å². The summed E-state index contributed by atoms with van der Waals surface area (Å²) in [5.41, 5.74) is 2.67. The molecule has 2 rings (SSSR count). The second-order valence-electron chi connectivity index (χ2n) is 5.50. The number of rotatable bonds is 7. The van der Waals surface area contributed by atoms with E-state index in [1.807, 2.05) is 43.3 Å². The molecule has 0 bridgehead atoms. The summed E-state index contributed by atoms with van der Waals surface area (Å²) in [6.45, 7) is 2.41. The predicted molar refractivity (Wildman–Crippen MR) is 93.2 cm³/mol. The number of aryl methyl sites for hydroxylation is 1. The molecule has 0 unspecified atom stereocenters. The fraction of sp³-hybridized carbons (Fsp3) is 0.263. The third-order valence-electron chi connectivity index (χ3n) is 3.58. The Bertz CT molecular complexity index is 696. The number of hydrogen-bond donors (Lipinski definition) is 2. The molecule has 2 aromatic carbocycles. The van der Waals surface area contributed by atoms with Crippen LogP contribution in [-0.2, 0) is 11.2 Å². The number of nitrogens with one attached hydrogen (secondary N) is 2. The van der Waals surface area contributed by atoms with Crippen LogP contribution < -0.4 is 15.4 Å². The highest BCUT2D eigenvalue weighted by Crippen LogP contribution is 2.11. The van der Waals surface area contributed by atoms with E-state index < -0.39 is 0 Å². The average molecular weight is 326 g/mol. The Morgan fingerprint density at radius 3 is 2.46 bits per heavy atom. The molecule has 0 atom stereocenters. The van der Waals surface area contributed by atoms with Gasteiger partial charge in [-0.3, -0.25) is 9.59 Å². The molecule has 126 valence electrons. The van der Waals surface area contributed by atoms with Gasteiger partial charge in [-0.2, -0.15) is 0 Å². The molecule has 0 radical (unpaired) electrons. The van der Waals surface area contributed by atoms with Gasteiger partial charge in [-0.25, -0.2) is 0 Å². The van der Waals surface area contributed by atoms with Crippen molar-refractivity contribution in [2.75, 3.05) is 20.2 Å². The Morgan fingerprint density at radius 2 is 1.79 bits per heavy atom. The molecule has 0 saturated heterocycles. The van der Waals surface area contributed by atoms with Crippen LogP contribution in [0.5, 0.6) is 5.75 Å². The normalized spacial score (nSPS) is 10.1. The second-order valence-corrected chi connectivity index (χ2v) is 5.50. The van der Waals surface area contributed by atoms with E-state index in [2.05, 4.69) is 10.6 Å². The summed E-state index contributed by atoms with van der Waals surface area (Å²) in [5.74, 6) is 0.357. The lowest BCUT2D eigenvalue weighted by molar-refractivity contribution is -0.120. The molecule has 0 aliphatic heterocycles. The van der Waals surface area contributed by atoms with Gasteiger partial charge in [0, 0.05) is 12.1 Å². The molecule has 0 fully saturated rings. The van der Waals surface area contributed by atoms with Gasteiger partial charge in [0.25, 0.3) is 5.91 Å². The topological polar surface area (TPSA) is 67.4 Å². The fourth-order valence-corrected chi connectivity index (χ4v) is 2.25. The van der Waals surface area contributed by atoms with Crippen LogP contribution in [0.3, 0.4) is 0 Å². The summed E-state index contributed by atoms with van der Waals surface area (Å²) in [6.07, 6.45) is 0.724. The van der Waals surface area contributed by atoms with Crippen LogP contribution in [0.25, 0.3) is 0 Å². The Labute approximate surface area is 142 Å². The van der Waals surface area contributed by atoms with Crippen LogP contribution in [0.15, 0.2) is 48.5 Å². The maximum absolute atomic E-state index is 12.0. The summed E-state index contributed by atoms with van der Waals surface area (Å²) < 4.78 is 5.10. The molecular weight excluding hydrogens is 304 g/mol. The van der Waals surface area contributed by atoms with Crippen molar-refractivity contribution < 1.29 is 14.3 Å². The summed E-state index contributed by atoms with van der Waals surface area (Å²) in [4.78, 5) is 23.7. The molecule has 5 heteroatoms. The molecule has 5 nitrogen and oxygen atoms in total. The van der Waals surface area contributed by atoms with Gasteiger partial charge in [0.05, 0.1) is 13.7 Å². The molecule has 2 N–H and O–H groups in total. The van der Waals surface area contributed by atoms with Gasteiger partial charge in [-0.15, -0.1) is 0 Å². The van der Waals surface area contributed by atoms with E-state index in [1.54, 1.807) is 19.2 Å². The highest BCUT2D eigenvalue weighted by atomic mass is 16.5. The SMILES string of the molecule is COc1ccc(CCNC(=O)CNC(=O)c2cccc(C)c2)cc1. The number of carbonyl (C=O) groups excluding carboxylic acids is 2. The van der Waals surface area contributed by atoms with Crippen molar-refractivity contribution in [2.24, 2.45) is 0 Å². The van der Waals surface area contributed by atoms with E-state index in [0.717, 1.165) is 23.3 Å². The number of carbonyl (C=O) groups is 2. The van der Waals surface area contributed by atoms with Crippen LogP contribution in [-0.4, -0.2) is 32.0 Å². The number of hydrogen-bond acceptors (Lipinski definition) is 3. The van der Waals surface area contributed by atoms with Gasteiger partial charge in [-0.1, -0.05) is 29.8 Å². The molecule has 0 saturated carbocycles. The van der Waals surface area contributed by atoms with Gasteiger partial charge >= 0.3 is 0 Å². The number of methoxy groups -OCH3 is 1. The first-order valence-corrected chi connectivity index (χ1v) is 7.83. The molecule has 2 aromatic rings. The zero-order valence-electron chi connectivity index (χ0n) is 14.0. The van der Waals surface area contributed by atoms with Crippen LogP contribution >= 0.6 is 0 Å². The number of benzene rings is 2. The van der Waals surface area contributed by atoms with E-state index in [0.29, 0.717) is 12.1 Å².